The van der Waals surface area contributed by atoms with Crippen LogP contribution in [-0.2, 0) is 30.5 Å². The number of allylic oxidation sites excluding steroid dienone is 2. The van der Waals surface area contributed by atoms with Gasteiger partial charge in [-0.15, -0.1) is 0 Å². The van der Waals surface area contributed by atoms with Crippen molar-refractivity contribution in [3.05, 3.63) is 283 Å². The highest BCUT2D eigenvalue weighted by Gasteiger charge is 2.59. The van der Waals surface area contributed by atoms with Crippen LogP contribution >= 0.6 is 0 Å². The molecule has 0 unspecified atom stereocenters. The first-order valence-corrected chi connectivity index (χ1v) is 30.6. The Balaban J connectivity index is 0.659. The van der Waals surface area contributed by atoms with Crippen molar-refractivity contribution in [2.45, 2.75) is 86.5 Å². The Morgan fingerprint density at radius 1 is 0.591 bits per heavy atom. The third-order valence-corrected chi connectivity index (χ3v) is 19.0. The third-order valence-electron chi connectivity index (χ3n) is 19.0. The second-order valence-corrected chi connectivity index (χ2v) is 24.4. The van der Waals surface area contributed by atoms with E-state index in [-0.39, 0.29) is 24.2 Å². The molecule has 0 fully saturated rings. The van der Waals surface area contributed by atoms with Crippen molar-refractivity contribution < 1.29 is 32.2 Å². The Labute approximate surface area is 511 Å². The number of benzene rings is 9. The zero-order valence-corrected chi connectivity index (χ0v) is 50.1. The van der Waals surface area contributed by atoms with E-state index in [4.69, 9.17) is 4.74 Å². The summed E-state index contributed by atoms with van der Waals surface area (Å²) in [7, 11) is 0. The molecule has 8 nitrogen and oxygen atoms in total. The predicted octanol–water partition coefficient (Wildman–Crippen LogP) is 17.6. The molecule has 0 atom stereocenters. The lowest BCUT2D eigenvalue weighted by atomic mass is 9.81. The molecule has 9 aromatic carbocycles. The van der Waals surface area contributed by atoms with Gasteiger partial charge in [0.2, 0.25) is 0 Å². The van der Waals surface area contributed by atoms with Crippen LogP contribution in [0.2, 0.25) is 0 Å². The first-order valence-electron chi connectivity index (χ1n) is 30.6. The summed E-state index contributed by atoms with van der Waals surface area (Å²) in [5, 5.41) is 1.47. The van der Waals surface area contributed by atoms with E-state index in [1.807, 2.05) is 113 Å². The van der Waals surface area contributed by atoms with Crippen LogP contribution in [0.5, 0.6) is 5.75 Å². The first-order chi connectivity index (χ1) is 42.6. The SMILES string of the molecule is CC1=C2CCc3ccccc3C2=[N+]2C1=C(c1c(C)cc(OC(=O)CCCc3ccc(N4C(=O)c5cccc6c(-c7ccc(N(c8ccc(C)cc8)c8ccc(C)cc8)cc7)ccc(c56)C4=O)cc3)cc1C)c1c(C)c3c(n1[B-]2(F)F)-c1ccccc1CC3. The first kappa shape index (κ1) is 54.6. The fraction of sp³-hybridized carbons (Fsp3) is 0.169. The fourth-order valence-electron chi connectivity index (χ4n) is 14.9. The number of hydrogen-bond donors (Lipinski definition) is 0. The van der Waals surface area contributed by atoms with Gasteiger partial charge >= 0.3 is 12.9 Å². The minimum absolute atomic E-state index is 0.144. The molecule has 4 heterocycles. The average molecular weight is 1160 g/mol. The molecular formula is C77H63BF2N4O4. The number of halogens is 2. The maximum absolute atomic E-state index is 18.3. The maximum Gasteiger partial charge on any atom is 0.737 e. The monoisotopic (exact) mass is 1160 g/mol. The zero-order valence-electron chi connectivity index (χ0n) is 50.1. The summed E-state index contributed by atoms with van der Waals surface area (Å²) >= 11 is 0. The number of aryl methyl sites for hydroxylation is 7. The average Bonchev–Trinajstić information content (AvgIpc) is 1.49. The molecule has 10 aromatic rings. The van der Waals surface area contributed by atoms with E-state index in [1.54, 1.807) is 18.2 Å². The van der Waals surface area contributed by atoms with Crippen LogP contribution < -0.4 is 14.5 Å². The van der Waals surface area contributed by atoms with Crippen molar-refractivity contribution in [1.82, 2.24) is 4.48 Å². The molecule has 2 amide bonds. The van der Waals surface area contributed by atoms with E-state index < -0.39 is 6.97 Å². The molecule has 11 heteroatoms. The lowest BCUT2D eigenvalue weighted by Crippen LogP contribution is -2.52. The van der Waals surface area contributed by atoms with Crippen molar-refractivity contribution in [1.29, 1.82) is 0 Å². The van der Waals surface area contributed by atoms with Gasteiger partial charge in [0.25, 0.3) is 11.8 Å². The van der Waals surface area contributed by atoms with Crippen LogP contribution in [0.4, 0.5) is 31.4 Å². The Morgan fingerprint density at radius 3 is 1.82 bits per heavy atom. The molecular weight excluding hydrogens is 1090 g/mol. The van der Waals surface area contributed by atoms with E-state index in [1.165, 1.54) is 25.0 Å². The summed E-state index contributed by atoms with van der Waals surface area (Å²) in [5.41, 5.74) is 22.8. The van der Waals surface area contributed by atoms with Gasteiger partial charge in [0, 0.05) is 68.1 Å². The van der Waals surface area contributed by atoms with Crippen molar-refractivity contribution in [2.75, 3.05) is 9.80 Å². The summed E-state index contributed by atoms with van der Waals surface area (Å²) in [5.74, 6) is -0.762. The number of fused-ring (bicyclic) bond motifs is 9. The summed E-state index contributed by atoms with van der Waals surface area (Å²) in [6, 6.07) is 62.0. The van der Waals surface area contributed by atoms with Gasteiger partial charge in [-0.1, -0.05) is 120 Å². The van der Waals surface area contributed by atoms with E-state index in [0.29, 0.717) is 76.4 Å². The number of nitrogens with zero attached hydrogens (tertiary/aromatic N) is 4. The quantitative estimate of drug-likeness (QED) is 0.0558. The predicted molar refractivity (Wildman–Crippen MR) is 349 cm³/mol. The minimum Gasteiger partial charge on any atom is -0.427 e. The van der Waals surface area contributed by atoms with E-state index in [0.717, 1.165) is 119 Å². The molecule has 88 heavy (non-hydrogen) atoms. The number of aromatic nitrogens is 1. The third kappa shape index (κ3) is 8.60. The summed E-state index contributed by atoms with van der Waals surface area (Å²) in [6.45, 7) is 7.80. The molecule has 0 bridgehead atoms. The molecule has 1 aromatic heterocycles. The molecule has 3 aliphatic heterocycles. The number of hydrogen-bond acceptors (Lipinski definition) is 5. The molecule has 0 saturated heterocycles. The van der Waals surface area contributed by atoms with Gasteiger partial charge in [0.15, 0.2) is 11.4 Å². The van der Waals surface area contributed by atoms with Gasteiger partial charge < -0.3 is 27.2 Å². The van der Waals surface area contributed by atoms with Crippen LogP contribution in [-0.4, -0.2) is 39.4 Å². The van der Waals surface area contributed by atoms with Gasteiger partial charge in [-0.3, -0.25) is 14.4 Å². The van der Waals surface area contributed by atoms with Gasteiger partial charge in [0.05, 0.1) is 11.3 Å². The van der Waals surface area contributed by atoms with Gasteiger partial charge in [-0.05, 0) is 226 Å². The number of carbonyl (C=O) groups is 3. The van der Waals surface area contributed by atoms with Crippen molar-refractivity contribution in [3.8, 4) is 28.1 Å². The Hall–Kier alpha value is -10.00. The summed E-state index contributed by atoms with van der Waals surface area (Å²) in [6.07, 6.45) is 4.10. The highest BCUT2D eigenvalue weighted by Crippen LogP contribution is 2.53. The van der Waals surface area contributed by atoms with Crippen molar-refractivity contribution in [3.63, 3.8) is 0 Å². The fourth-order valence-corrected chi connectivity index (χ4v) is 14.9. The second-order valence-electron chi connectivity index (χ2n) is 24.4. The number of esters is 1. The molecule has 432 valence electrons. The van der Waals surface area contributed by atoms with Gasteiger partial charge in [-0.25, -0.2) is 4.90 Å². The molecule has 15 rings (SSSR count). The standard InChI is InChI=1S/C77H63BF2N4O4/c1-45-21-31-55(32-22-45)81(56-33-23-46(2)24-34-56)57-37-27-54(28-38-57)62-41-42-67-70-65(62)18-12-19-66(70)76(86)82(77(67)87)58-35-25-51(26-36-58)13-11-20-68(85)88-59-43-47(3)69(48(4)44-59)71-72-49(5)60-39-29-52-14-7-9-16-63(52)74(60)83(72)78(79,80)84-73(71)50(6)61-40-30-53-15-8-10-17-64(53)75(61)84/h7-10,12,14-19,21-28,31-38,41-44H,11,13,20,29-30,39-40H2,1-6H3. The summed E-state index contributed by atoms with van der Waals surface area (Å²) in [4.78, 5) is 46.1. The minimum atomic E-state index is -4.37. The van der Waals surface area contributed by atoms with Crippen molar-refractivity contribution in [2.24, 2.45) is 0 Å². The molecule has 0 spiro atoms. The lowest BCUT2D eigenvalue weighted by Gasteiger charge is -2.36. The smallest absolute Gasteiger partial charge is 0.427 e. The number of anilines is 4. The largest absolute Gasteiger partial charge is 0.737 e. The Bertz CT molecular complexity index is 4670. The number of rotatable bonds is 11. The molecule has 2 aliphatic carbocycles. The Kier molecular flexibility index (Phi) is 13.0. The van der Waals surface area contributed by atoms with Crippen LogP contribution in [0, 0.1) is 34.6 Å². The van der Waals surface area contributed by atoms with Gasteiger partial charge in [-0.2, -0.15) is 0 Å². The van der Waals surface area contributed by atoms with Crippen LogP contribution in [0.15, 0.2) is 205 Å². The molecule has 0 N–H and O–H groups in total. The maximum atomic E-state index is 18.3. The number of ether oxygens (including phenoxy) is 1. The summed E-state index contributed by atoms with van der Waals surface area (Å²) < 4.78 is 45.5. The Morgan fingerprint density at radius 2 is 1.16 bits per heavy atom. The molecule has 0 saturated carbocycles. The molecule has 0 radical (unpaired) electrons. The highest BCUT2D eigenvalue weighted by atomic mass is 19.2. The number of amides is 2. The number of imide groups is 1. The number of carbonyl (C=O) groups excluding carboxylic acids is 3. The van der Waals surface area contributed by atoms with Crippen LogP contribution in [0.25, 0.3) is 38.7 Å². The molecule has 5 aliphatic rings. The van der Waals surface area contributed by atoms with E-state index in [9.17, 15) is 14.4 Å². The van der Waals surface area contributed by atoms with Crippen LogP contribution in [0.1, 0.15) is 114 Å². The zero-order chi connectivity index (χ0) is 60.4. The van der Waals surface area contributed by atoms with E-state index >= 15 is 8.63 Å². The van der Waals surface area contributed by atoms with Crippen LogP contribution in [0.3, 0.4) is 0 Å². The highest BCUT2D eigenvalue weighted by molar-refractivity contribution is 6.59. The second kappa shape index (κ2) is 20.9. The lowest BCUT2D eigenvalue weighted by molar-refractivity contribution is -0.362. The topological polar surface area (TPSA) is 74.9 Å². The normalized spacial score (nSPS) is 15.2. The van der Waals surface area contributed by atoms with Gasteiger partial charge in [0.1, 0.15) is 5.75 Å². The van der Waals surface area contributed by atoms with E-state index in [2.05, 4.69) is 104 Å². The van der Waals surface area contributed by atoms with Crippen molar-refractivity contribution >= 4 is 69.6 Å².